The van der Waals surface area contributed by atoms with Gasteiger partial charge < -0.3 is 15.4 Å². The van der Waals surface area contributed by atoms with Gasteiger partial charge in [0.25, 0.3) is 4.63 Å². The standard InChI is InChI=1S/C20H16BrN5O/c1-13-9-16(12-23)10-14(2)18(13)27-20(21)7-8-24-19(26-20)25-17-5-3-15(11-22)4-6-17/h3-10H,1-2H3,(H2,24,25,26). The molecule has 0 bridgehead atoms. The van der Waals surface area contributed by atoms with Crippen molar-refractivity contribution in [3.63, 3.8) is 0 Å². The molecular formula is C20H16BrN5O. The van der Waals surface area contributed by atoms with Crippen LogP contribution >= 0.6 is 15.9 Å². The molecule has 0 aromatic heterocycles. The lowest BCUT2D eigenvalue weighted by Crippen LogP contribution is -2.37. The molecule has 7 heteroatoms. The molecule has 6 nitrogen and oxygen atoms in total. The van der Waals surface area contributed by atoms with Crippen LogP contribution in [0.4, 0.5) is 5.69 Å². The Labute approximate surface area is 165 Å². The first-order valence-electron chi connectivity index (χ1n) is 8.13. The third kappa shape index (κ3) is 4.28. The summed E-state index contributed by atoms with van der Waals surface area (Å²) < 4.78 is 5.03. The van der Waals surface area contributed by atoms with Crippen molar-refractivity contribution >= 4 is 27.6 Å². The lowest BCUT2D eigenvalue weighted by atomic mass is 10.1. The van der Waals surface area contributed by atoms with E-state index in [0.29, 0.717) is 22.8 Å². The number of nitrogens with zero attached hydrogens (tertiary/aromatic N) is 3. The van der Waals surface area contributed by atoms with Gasteiger partial charge in [-0.1, -0.05) is 0 Å². The Bertz CT molecular complexity index is 991. The second-order valence-electron chi connectivity index (χ2n) is 6.01. The van der Waals surface area contributed by atoms with Crippen molar-refractivity contribution in [2.75, 3.05) is 5.32 Å². The molecule has 134 valence electrons. The Balaban J connectivity index is 1.83. The number of aryl methyl sites for hydroxylation is 2. The maximum atomic E-state index is 9.09. The average molecular weight is 422 g/mol. The van der Waals surface area contributed by atoms with E-state index >= 15 is 0 Å². The summed E-state index contributed by atoms with van der Waals surface area (Å²) in [5.41, 5.74) is 3.68. The van der Waals surface area contributed by atoms with Crippen LogP contribution in [0.15, 0.2) is 53.7 Å². The number of benzene rings is 2. The van der Waals surface area contributed by atoms with E-state index in [9.17, 15) is 0 Å². The highest BCUT2D eigenvalue weighted by Gasteiger charge is 2.29. The number of hydrogen-bond acceptors (Lipinski definition) is 6. The number of ether oxygens (including phenoxy) is 1. The molecule has 0 saturated heterocycles. The molecule has 0 aliphatic carbocycles. The van der Waals surface area contributed by atoms with Crippen LogP contribution < -0.4 is 15.4 Å². The maximum Gasteiger partial charge on any atom is 0.280 e. The van der Waals surface area contributed by atoms with E-state index in [-0.39, 0.29) is 0 Å². The van der Waals surface area contributed by atoms with Gasteiger partial charge in [0.2, 0.25) is 5.96 Å². The summed E-state index contributed by atoms with van der Waals surface area (Å²) in [7, 11) is 0. The third-order valence-electron chi connectivity index (χ3n) is 3.88. The number of halogens is 1. The third-order valence-corrected chi connectivity index (χ3v) is 4.49. The summed E-state index contributed by atoms with van der Waals surface area (Å²) >= 11 is 3.53. The molecule has 3 rings (SSSR count). The average Bonchev–Trinajstić information content (AvgIpc) is 2.65. The van der Waals surface area contributed by atoms with E-state index < -0.39 is 4.63 Å². The summed E-state index contributed by atoms with van der Waals surface area (Å²) in [6.45, 7) is 3.79. The molecule has 2 aromatic carbocycles. The molecule has 27 heavy (non-hydrogen) atoms. The van der Waals surface area contributed by atoms with Gasteiger partial charge in [0, 0.05) is 18.0 Å². The van der Waals surface area contributed by atoms with Gasteiger partial charge in [0.15, 0.2) is 0 Å². The first kappa shape index (κ1) is 18.5. The number of guanidine groups is 1. The minimum Gasteiger partial charge on any atom is -0.452 e. The molecular weight excluding hydrogens is 406 g/mol. The van der Waals surface area contributed by atoms with Crippen LogP contribution in [-0.2, 0) is 0 Å². The molecule has 0 radical (unpaired) electrons. The largest absolute Gasteiger partial charge is 0.452 e. The number of nitrogens with one attached hydrogen (secondary N) is 2. The highest BCUT2D eigenvalue weighted by Crippen LogP contribution is 2.33. The predicted octanol–water partition coefficient (Wildman–Crippen LogP) is 4.06. The highest BCUT2D eigenvalue weighted by molar-refractivity contribution is 9.10. The van der Waals surface area contributed by atoms with Crippen LogP contribution in [0.5, 0.6) is 5.75 Å². The number of anilines is 1. The molecule has 1 aliphatic rings. The van der Waals surface area contributed by atoms with Gasteiger partial charge in [0.1, 0.15) is 5.75 Å². The predicted molar refractivity (Wildman–Crippen MR) is 107 cm³/mol. The minimum atomic E-state index is -1.09. The molecule has 2 N–H and O–H groups in total. The van der Waals surface area contributed by atoms with Crippen LogP contribution in [0.1, 0.15) is 22.3 Å². The van der Waals surface area contributed by atoms with E-state index in [1.54, 1.807) is 48.7 Å². The van der Waals surface area contributed by atoms with Crippen molar-refractivity contribution in [2.45, 2.75) is 18.5 Å². The zero-order chi connectivity index (χ0) is 19.4. The molecule has 0 amide bonds. The topological polar surface area (TPSA) is 93.2 Å². The second kappa shape index (κ2) is 7.53. The van der Waals surface area contributed by atoms with E-state index in [1.807, 2.05) is 13.8 Å². The second-order valence-corrected chi connectivity index (χ2v) is 7.15. The first-order chi connectivity index (χ1) is 12.9. The zero-order valence-corrected chi connectivity index (χ0v) is 16.3. The van der Waals surface area contributed by atoms with Gasteiger partial charge in [-0.05, 0) is 77.3 Å². The Hall–Kier alpha value is -3.29. The quantitative estimate of drug-likeness (QED) is 0.575. The molecule has 1 atom stereocenters. The van der Waals surface area contributed by atoms with Gasteiger partial charge in [0.05, 0.1) is 23.3 Å². The minimum absolute atomic E-state index is 0.489. The van der Waals surface area contributed by atoms with Gasteiger partial charge in [-0.2, -0.15) is 15.5 Å². The maximum absolute atomic E-state index is 9.09. The van der Waals surface area contributed by atoms with E-state index in [2.05, 4.69) is 43.7 Å². The van der Waals surface area contributed by atoms with E-state index in [4.69, 9.17) is 15.3 Å². The molecule has 0 fully saturated rings. The van der Waals surface area contributed by atoms with E-state index in [0.717, 1.165) is 16.8 Å². The molecule has 1 aliphatic heterocycles. The number of nitriles is 2. The number of rotatable bonds is 3. The lowest BCUT2D eigenvalue weighted by molar-refractivity contribution is 0.227. The first-order valence-corrected chi connectivity index (χ1v) is 8.92. The zero-order valence-electron chi connectivity index (χ0n) is 14.7. The monoisotopic (exact) mass is 421 g/mol. The number of alkyl halides is 1. The Morgan fingerprint density at radius 3 is 2.30 bits per heavy atom. The SMILES string of the molecule is Cc1cc(C#N)cc(C)c1OC1(Br)C=CNC(Nc2ccc(C#N)cc2)=N1. The van der Waals surface area contributed by atoms with Crippen LogP contribution in [0.2, 0.25) is 0 Å². The van der Waals surface area contributed by atoms with E-state index in [1.165, 1.54) is 0 Å². The molecule has 1 heterocycles. The molecule has 1 unspecified atom stereocenters. The van der Waals surface area contributed by atoms with Crippen LogP contribution in [0.25, 0.3) is 0 Å². The molecule has 0 saturated carbocycles. The molecule has 0 spiro atoms. The summed E-state index contributed by atoms with van der Waals surface area (Å²) in [5.74, 6) is 1.15. The van der Waals surface area contributed by atoms with Crippen molar-refractivity contribution < 1.29 is 4.74 Å². The fourth-order valence-electron chi connectivity index (χ4n) is 2.65. The van der Waals surface area contributed by atoms with Gasteiger partial charge in [-0.3, -0.25) is 0 Å². The smallest absolute Gasteiger partial charge is 0.280 e. The highest BCUT2D eigenvalue weighted by atomic mass is 79.9. The number of hydrogen-bond donors (Lipinski definition) is 2. The summed E-state index contributed by atoms with van der Waals surface area (Å²) in [6, 6.07) is 14.8. The summed E-state index contributed by atoms with van der Waals surface area (Å²) in [6.07, 6.45) is 3.47. The lowest BCUT2D eigenvalue weighted by Gasteiger charge is -2.27. The van der Waals surface area contributed by atoms with Crippen molar-refractivity contribution in [1.82, 2.24) is 5.32 Å². The Kier molecular flexibility index (Phi) is 5.16. The fraction of sp³-hybridized carbons (Fsp3) is 0.150. The van der Waals surface area contributed by atoms with Crippen molar-refractivity contribution in [3.05, 3.63) is 70.9 Å². The Morgan fingerprint density at radius 2 is 1.70 bits per heavy atom. The van der Waals surface area contributed by atoms with Crippen molar-refractivity contribution in [1.29, 1.82) is 10.5 Å². The molecule has 2 aromatic rings. The summed E-state index contributed by atoms with van der Waals surface area (Å²) in [4.78, 5) is 4.54. The van der Waals surface area contributed by atoms with Crippen molar-refractivity contribution in [2.24, 2.45) is 4.99 Å². The summed E-state index contributed by atoms with van der Waals surface area (Å²) in [5, 5.41) is 24.1. The normalized spacial score (nSPS) is 17.9. The Morgan fingerprint density at radius 1 is 1.07 bits per heavy atom. The van der Waals surface area contributed by atoms with Crippen LogP contribution in [-0.4, -0.2) is 10.6 Å². The van der Waals surface area contributed by atoms with Crippen LogP contribution in [0, 0.1) is 36.5 Å². The van der Waals surface area contributed by atoms with Gasteiger partial charge in [-0.15, -0.1) is 0 Å². The number of aliphatic imine (C=N–C) groups is 1. The fourth-order valence-corrected chi connectivity index (χ4v) is 3.12. The van der Waals surface area contributed by atoms with Crippen LogP contribution in [0.3, 0.4) is 0 Å². The van der Waals surface area contributed by atoms with Gasteiger partial charge in [-0.25, -0.2) is 0 Å². The van der Waals surface area contributed by atoms with Crippen molar-refractivity contribution in [3.8, 4) is 17.9 Å². The van der Waals surface area contributed by atoms with Gasteiger partial charge >= 0.3 is 0 Å².